The third-order valence-electron chi connectivity index (χ3n) is 5.77. The predicted octanol–water partition coefficient (Wildman–Crippen LogP) is 4.83. The van der Waals surface area contributed by atoms with Crippen LogP contribution in [0.5, 0.6) is 5.75 Å². The van der Waals surface area contributed by atoms with Crippen LogP contribution < -0.4 is 15.0 Å². The summed E-state index contributed by atoms with van der Waals surface area (Å²) < 4.78 is 10.5. The van der Waals surface area contributed by atoms with E-state index in [2.05, 4.69) is 18.3 Å². The number of carbonyl (C=O) groups excluding carboxylic acids is 2. The number of para-hydroxylation sites is 1. The lowest BCUT2D eigenvalue weighted by Crippen LogP contribution is -2.28. The molecule has 0 aliphatic carbocycles. The molecular formula is C28H40N2O4. The molecule has 0 atom stereocenters. The van der Waals surface area contributed by atoms with Crippen LogP contribution in [0.3, 0.4) is 0 Å². The fraction of sp³-hybridized carbons (Fsp3) is 0.500. The minimum atomic E-state index is -0.246. The van der Waals surface area contributed by atoms with E-state index in [-0.39, 0.29) is 18.3 Å². The van der Waals surface area contributed by atoms with E-state index in [9.17, 15) is 9.59 Å². The minimum Gasteiger partial charge on any atom is -0.496 e. The van der Waals surface area contributed by atoms with Crippen molar-refractivity contribution in [3.63, 3.8) is 0 Å². The van der Waals surface area contributed by atoms with Crippen molar-refractivity contribution in [3.05, 3.63) is 59.2 Å². The number of ether oxygens (including phenoxy) is 2. The molecule has 0 saturated carbocycles. The average molecular weight is 469 g/mol. The Hall–Kier alpha value is -2.86. The third kappa shape index (κ3) is 8.82. The van der Waals surface area contributed by atoms with Gasteiger partial charge in [-0.15, -0.1) is 0 Å². The van der Waals surface area contributed by atoms with Gasteiger partial charge in [0.2, 0.25) is 0 Å². The highest BCUT2D eigenvalue weighted by Crippen LogP contribution is 2.24. The van der Waals surface area contributed by atoms with E-state index in [0.717, 1.165) is 67.8 Å². The lowest BCUT2D eigenvalue weighted by molar-refractivity contribution is -0.141. The molecule has 2 aromatic carbocycles. The lowest BCUT2D eigenvalue weighted by Gasteiger charge is -2.22. The van der Waals surface area contributed by atoms with Gasteiger partial charge in [0.05, 0.1) is 13.7 Å². The standard InChI is InChI=1S/C28H40N2O4/c1-5-11-23-20-24(15-16-25(23)30(3)21-28(32)34-6-2)26(31)13-9-10-18-29-19-17-22-12-7-8-14-27(22)33-4/h7-8,12,14-16,20,29H,5-6,9-11,13,17-19,21H2,1-4H3. The number of anilines is 1. The van der Waals surface area contributed by atoms with Crippen molar-refractivity contribution in [3.8, 4) is 5.75 Å². The van der Waals surface area contributed by atoms with E-state index < -0.39 is 0 Å². The number of methoxy groups -OCH3 is 1. The molecule has 6 heteroatoms. The van der Waals surface area contributed by atoms with Crippen LogP contribution >= 0.6 is 0 Å². The van der Waals surface area contributed by atoms with Crippen LogP contribution in [0.4, 0.5) is 5.69 Å². The highest BCUT2D eigenvalue weighted by Gasteiger charge is 2.14. The number of hydrogen-bond donors (Lipinski definition) is 1. The number of unbranched alkanes of at least 4 members (excludes halogenated alkanes) is 1. The first-order valence-electron chi connectivity index (χ1n) is 12.4. The number of ketones is 1. The summed E-state index contributed by atoms with van der Waals surface area (Å²) in [6, 6.07) is 13.9. The van der Waals surface area contributed by atoms with Crippen molar-refractivity contribution in [2.24, 2.45) is 0 Å². The van der Waals surface area contributed by atoms with Crippen molar-refractivity contribution in [1.82, 2.24) is 5.32 Å². The van der Waals surface area contributed by atoms with Crippen molar-refractivity contribution < 1.29 is 19.1 Å². The molecule has 0 fully saturated rings. The first kappa shape index (κ1) is 27.4. The first-order valence-corrected chi connectivity index (χ1v) is 12.4. The van der Waals surface area contributed by atoms with Gasteiger partial charge in [-0.3, -0.25) is 9.59 Å². The zero-order valence-corrected chi connectivity index (χ0v) is 21.2. The fourth-order valence-corrected chi connectivity index (χ4v) is 4.02. The number of esters is 1. The molecule has 34 heavy (non-hydrogen) atoms. The molecule has 0 radical (unpaired) electrons. The summed E-state index contributed by atoms with van der Waals surface area (Å²) in [5, 5.41) is 3.46. The Balaban J connectivity index is 1.79. The molecular weight excluding hydrogens is 428 g/mol. The van der Waals surface area contributed by atoms with Crippen LogP contribution in [0.1, 0.15) is 61.0 Å². The van der Waals surface area contributed by atoms with E-state index in [4.69, 9.17) is 9.47 Å². The molecule has 0 aromatic heterocycles. The molecule has 1 N–H and O–H groups in total. The summed E-state index contributed by atoms with van der Waals surface area (Å²) in [5.41, 5.74) is 4.02. The van der Waals surface area contributed by atoms with Gasteiger partial charge in [0.1, 0.15) is 12.3 Å². The van der Waals surface area contributed by atoms with Crippen LogP contribution in [0, 0.1) is 0 Å². The Morgan fingerprint density at radius 1 is 0.971 bits per heavy atom. The van der Waals surface area contributed by atoms with Crippen molar-refractivity contribution in [1.29, 1.82) is 0 Å². The van der Waals surface area contributed by atoms with Gasteiger partial charge in [-0.25, -0.2) is 0 Å². The van der Waals surface area contributed by atoms with Gasteiger partial charge in [0.25, 0.3) is 0 Å². The van der Waals surface area contributed by atoms with Crippen LogP contribution in [0.2, 0.25) is 0 Å². The average Bonchev–Trinajstić information content (AvgIpc) is 2.83. The molecule has 186 valence electrons. The smallest absolute Gasteiger partial charge is 0.325 e. The van der Waals surface area contributed by atoms with Crippen LogP contribution in [0.25, 0.3) is 0 Å². The SMILES string of the molecule is CCCc1cc(C(=O)CCCCNCCc2ccccc2OC)ccc1N(C)CC(=O)OCC. The summed E-state index contributed by atoms with van der Waals surface area (Å²) >= 11 is 0. The normalized spacial score (nSPS) is 10.7. The molecule has 0 bridgehead atoms. The number of carbonyl (C=O) groups is 2. The molecule has 0 heterocycles. The third-order valence-corrected chi connectivity index (χ3v) is 5.77. The zero-order chi connectivity index (χ0) is 24.8. The van der Waals surface area contributed by atoms with Crippen molar-refractivity contribution >= 4 is 17.4 Å². The van der Waals surface area contributed by atoms with E-state index in [1.54, 1.807) is 14.0 Å². The molecule has 0 unspecified atom stereocenters. The molecule has 0 amide bonds. The van der Waals surface area contributed by atoms with Crippen LogP contribution in [-0.2, 0) is 22.4 Å². The summed E-state index contributed by atoms with van der Waals surface area (Å²) in [6.07, 6.45) is 5.10. The van der Waals surface area contributed by atoms with Gasteiger partial charge < -0.3 is 19.7 Å². The molecule has 0 saturated heterocycles. The number of nitrogens with zero attached hydrogens (tertiary/aromatic N) is 1. The van der Waals surface area contributed by atoms with Gasteiger partial charge in [-0.05, 0) is 81.1 Å². The highest BCUT2D eigenvalue weighted by atomic mass is 16.5. The number of aryl methyl sites for hydroxylation is 1. The van der Waals surface area contributed by atoms with E-state index in [1.807, 2.05) is 48.3 Å². The monoisotopic (exact) mass is 468 g/mol. The largest absolute Gasteiger partial charge is 0.496 e. The van der Waals surface area contributed by atoms with Gasteiger partial charge in [-0.1, -0.05) is 31.5 Å². The zero-order valence-electron chi connectivity index (χ0n) is 21.2. The Bertz CT molecular complexity index is 913. The van der Waals surface area contributed by atoms with Crippen LogP contribution in [0.15, 0.2) is 42.5 Å². The summed E-state index contributed by atoms with van der Waals surface area (Å²) in [4.78, 5) is 26.5. The number of likely N-dealkylation sites (N-methyl/N-ethyl adjacent to an activating group) is 1. The van der Waals surface area contributed by atoms with Gasteiger partial charge in [0.15, 0.2) is 5.78 Å². The van der Waals surface area contributed by atoms with Gasteiger partial charge in [0, 0.05) is 24.7 Å². The van der Waals surface area contributed by atoms with E-state index in [0.29, 0.717) is 13.0 Å². The number of Topliss-reactive ketones (excluding diaryl/α,β-unsaturated/α-hetero) is 1. The number of rotatable bonds is 16. The van der Waals surface area contributed by atoms with Gasteiger partial charge >= 0.3 is 5.97 Å². The predicted molar refractivity (Wildman–Crippen MR) is 138 cm³/mol. The molecule has 0 spiro atoms. The number of hydrogen-bond acceptors (Lipinski definition) is 6. The molecule has 2 aromatic rings. The van der Waals surface area contributed by atoms with Crippen molar-refractivity contribution in [2.75, 3.05) is 45.3 Å². The maximum absolute atomic E-state index is 12.8. The molecule has 0 aliphatic heterocycles. The Morgan fingerprint density at radius 2 is 1.76 bits per heavy atom. The molecule has 0 aliphatic rings. The second-order valence-electron chi connectivity index (χ2n) is 8.45. The van der Waals surface area contributed by atoms with E-state index in [1.165, 1.54) is 5.56 Å². The Kier molecular flexibility index (Phi) is 12.2. The molecule has 2 rings (SSSR count). The number of nitrogens with one attached hydrogen (secondary N) is 1. The fourth-order valence-electron chi connectivity index (χ4n) is 4.02. The summed E-state index contributed by atoms with van der Waals surface area (Å²) in [5.74, 6) is 0.852. The second-order valence-corrected chi connectivity index (χ2v) is 8.45. The maximum Gasteiger partial charge on any atom is 0.325 e. The van der Waals surface area contributed by atoms with Crippen molar-refractivity contribution in [2.45, 2.75) is 52.4 Å². The van der Waals surface area contributed by atoms with Gasteiger partial charge in [-0.2, -0.15) is 0 Å². The maximum atomic E-state index is 12.8. The summed E-state index contributed by atoms with van der Waals surface area (Å²) in [6.45, 7) is 6.27. The second kappa shape index (κ2) is 15.1. The quantitative estimate of drug-likeness (QED) is 0.216. The minimum absolute atomic E-state index is 0.172. The Morgan fingerprint density at radius 3 is 2.50 bits per heavy atom. The topological polar surface area (TPSA) is 67.9 Å². The lowest BCUT2D eigenvalue weighted by atomic mass is 9.99. The number of benzene rings is 2. The highest BCUT2D eigenvalue weighted by molar-refractivity contribution is 5.96. The van der Waals surface area contributed by atoms with Crippen LogP contribution in [-0.4, -0.2) is 52.2 Å². The Labute approximate surface area is 204 Å². The molecule has 6 nitrogen and oxygen atoms in total. The first-order chi connectivity index (χ1) is 16.5. The summed E-state index contributed by atoms with van der Waals surface area (Å²) in [7, 11) is 3.58. The van der Waals surface area contributed by atoms with E-state index >= 15 is 0 Å².